The van der Waals surface area contributed by atoms with E-state index < -0.39 is 17.5 Å². The Morgan fingerprint density at radius 2 is 2.00 bits per heavy atom. The third kappa shape index (κ3) is 2.86. The fourth-order valence-corrected chi connectivity index (χ4v) is 2.21. The van der Waals surface area contributed by atoms with Gasteiger partial charge < -0.3 is 4.74 Å². The quantitative estimate of drug-likeness (QED) is 0.600. The summed E-state index contributed by atoms with van der Waals surface area (Å²) in [7, 11) is 0. The van der Waals surface area contributed by atoms with Crippen LogP contribution >= 0.6 is 11.6 Å². The van der Waals surface area contributed by atoms with Crippen molar-refractivity contribution in [1.82, 2.24) is 0 Å². The Bertz CT molecular complexity index is 416. The van der Waals surface area contributed by atoms with Gasteiger partial charge in [0.2, 0.25) is 0 Å². The van der Waals surface area contributed by atoms with Crippen molar-refractivity contribution in [2.24, 2.45) is 0 Å². The standard InChI is InChI=1S/C13H13ClO3/c14-10-7-4-8-11(15)12(10)17-13(16)9-5-2-1-3-6-9/h1-3,5-6,10,12H,4,7-8H2. The van der Waals surface area contributed by atoms with Crippen molar-refractivity contribution in [3.05, 3.63) is 35.9 Å². The van der Waals surface area contributed by atoms with Crippen molar-refractivity contribution in [1.29, 1.82) is 0 Å². The predicted molar refractivity (Wildman–Crippen MR) is 64.1 cm³/mol. The summed E-state index contributed by atoms with van der Waals surface area (Å²) < 4.78 is 5.18. The van der Waals surface area contributed by atoms with Gasteiger partial charge in [0, 0.05) is 6.42 Å². The van der Waals surface area contributed by atoms with Crippen molar-refractivity contribution in [2.45, 2.75) is 30.7 Å². The number of Topliss-reactive ketones (excluding diaryl/α,β-unsaturated/α-hetero) is 1. The topological polar surface area (TPSA) is 43.4 Å². The highest BCUT2D eigenvalue weighted by Crippen LogP contribution is 2.23. The van der Waals surface area contributed by atoms with Crippen molar-refractivity contribution in [3.8, 4) is 0 Å². The number of benzene rings is 1. The summed E-state index contributed by atoms with van der Waals surface area (Å²) >= 11 is 6.01. The summed E-state index contributed by atoms with van der Waals surface area (Å²) in [6.45, 7) is 0. The Kier molecular flexibility index (Phi) is 3.79. The van der Waals surface area contributed by atoms with Gasteiger partial charge in [-0.05, 0) is 25.0 Å². The fourth-order valence-electron chi connectivity index (χ4n) is 1.86. The molecule has 0 saturated heterocycles. The highest BCUT2D eigenvalue weighted by molar-refractivity contribution is 6.23. The third-order valence-electron chi connectivity index (χ3n) is 2.79. The Balaban J connectivity index is 2.05. The van der Waals surface area contributed by atoms with Gasteiger partial charge in [-0.3, -0.25) is 4.79 Å². The Labute approximate surface area is 105 Å². The molecule has 0 aliphatic heterocycles. The van der Waals surface area contributed by atoms with Crippen LogP contribution in [0.25, 0.3) is 0 Å². The minimum Gasteiger partial charge on any atom is -0.449 e. The van der Waals surface area contributed by atoms with E-state index in [1.54, 1.807) is 24.3 Å². The van der Waals surface area contributed by atoms with Crippen LogP contribution in [0.15, 0.2) is 30.3 Å². The maximum atomic E-state index is 11.8. The lowest BCUT2D eigenvalue weighted by molar-refractivity contribution is -0.129. The fraction of sp³-hybridized carbons (Fsp3) is 0.385. The number of halogens is 1. The van der Waals surface area contributed by atoms with E-state index in [1.807, 2.05) is 6.07 Å². The molecule has 2 atom stereocenters. The second kappa shape index (κ2) is 5.32. The molecule has 0 spiro atoms. The van der Waals surface area contributed by atoms with E-state index in [-0.39, 0.29) is 5.78 Å². The SMILES string of the molecule is O=C(OC1C(=O)CCCC1Cl)c1ccccc1. The lowest BCUT2D eigenvalue weighted by Crippen LogP contribution is -2.38. The number of carbonyl (C=O) groups is 2. The van der Waals surface area contributed by atoms with E-state index in [9.17, 15) is 9.59 Å². The van der Waals surface area contributed by atoms with E-state index in [0.717, 1.165) is 6.42 Å². The maximum Gasteiger partial charge on any atom is 0.338 e. The molecule has 0 heterocycles. The second-order valence-corrected chi connectivity index (χ2v) is 4.63. The highest BCUT2D eigenvalue weighted by Gasteiger charge is 2.33. The average molecular weight is 253 g/mol. The van der Waals surface area contributed by atoms with Crippen LogP contribution in [0, 0.1) is 0 Å². The van der Waals surface area contributed by atoms with Gasteiger partial charge in [0.05, 0.1) is 10.9 Å². The first-order valence-corrected chi connectivity index (χ1v) is 6.05. The van der Waals surface area contributed by atoms with E-state index in [0.29, 0.717) is 18.4 Å². The lowest BCUT2D eigenvalue weighted by Gasteiger charge is -2.25. The summed E-state index contributed by atoms with van der Waals surface area (Å²) in [5.74, 6) is -0.572. The maximum absolute atomic E-state index is 11.8. The summed E-state index contributed by atoms with van der Waals surface area (Å²) in [6, 6.07) is 8.61. The first-order valence-electron chi connectivity index (χ1n) is 5.61. The van der Waals surface area contributed by atoms with Gasteiger partial charge in [0.1, 0.15) is 0 Å². The summed E-state index contributed by atoms with van der Waals surface area (Å²) in [4.78, 5) is 23.4. The zero-order valence-electron chi connectivity index (χ0n) is 9.27. The van der Waals surface area contributed by atoms with Crippen LogP contribution < -0.4 is 0 Å². The zero-order chi connectivity index (χ0) is 12.3. The van der Waals surface area contributed by atoms with E-state index in [4.69, 9.17) is 16.3 Å². The van der Waals surface area contributed by atoms with Crippen molar-refractivity contribution < 1.29 is 14.3 Å². The minimum absolute atomic E-state index is 0.0828. The monoisotopic (exact) mass is 252 g/mol. The molecule has 3 nitrogen and oxygen atoms in total. The second-order valence-electron chi connectivity index (χ2n) is 4.07. The van der Waals surface area contributed by atoms with Crippen LogP contribution in [-0.4, -0.2) is 23.2 Å². The molecule has 0 radical (unpaired) electrons. The number of ketones is 1. The van der Waals surface area contributed by atoms with Crippen LogP contribution in [0.3, 0.4) is 0 Å². The number of esters is 1. The largest absolute Gasteiger partial charge is 0.449 e. The van der Waals surface area contributed by atoms with Gasteiger partial charge in [-0.1, -0.05) is 18.2 Å². The van der Waals surface area contributed by atoms with Crippen LogP contribution in [-0.2, 0) is 9.53 Å². The van der Waals surface area contributed by atoms with Gasteiger partial charge >= 0.3 is 5.97 Å². The first-order chi connectivity index (χ1) is 8.18. The van der Waals surface area contributed by atoms with Crippen molar-refractivity contribution in [2.75, 3.05) is 0 Å². The molecule has 1 fully saturated rings. The molecule has 1 saturated carbocycles. The number of rotatable bonds is 2. The summed E-state index contributed by atoms with van der Waals surface area (Å²) in [6.07, 6.45) is 1.13. The molecule has 0 bridgehead atoms. The number of hydrogen-bond donors (Lipinski definition) is 0. The van der Waals surface area contributed by atoms with Crippen LogP contribution in [0.4, 0.5) is 0 Å². The van der Waals surface area contributed by atoms with E-state index in [2.05, 4.69) is 0 Å². The van der Waals surface area contributed by atoms with E-state index in [1.165, 1.54) is 0 Å². The van der Waals surface area contributed by atoms with Gasteiger partial charge in [-0.25, -0.2) is 4.79 Å². The number of hydrogen-bond acceptors (Lipinski definition) is 3. The molecule has 1 aliphatic carbocycles. The average Bonchev–Trinajstić information content (AvgIpc) is 2.35. The zero-order valence-corrected chi connectivity index (χ0v) is 10.0. The molecule has 2 rings (SSSR count). The molecular formula is C13H13ClO3. The van der Waals surface area contributed by atoms with Gasteiger partial charge in [0.25, 0.3) is 0 Å². The molecule has 1 aromatic carbocycles. The summed E-state index contributed by atoms with van der Waals surface area (Å²) in [5.41, 5.74) is 0.440. The molecule has 1 aliphatic rings. The van der Waals surface area contributed by atoms with Gasteiger partial charge in [-0.2, -0.15) is 0 Å². The molecule has 4 heteroatoms. The van der Waals surface area contributed by atoms with Crippen LogP contribution in [0.5, 0.6) is 0 Å². The normalized spacial score (nSPS) is 24.4. The predicted octanol–water partition coefficient (Wildman–Crippen LogP) is 2.57. The molecule has 2 unspecified atom stereocenters. The Morgan fingerprint density at radius 3 is 2.65 bits per heavy atom. The molecule has 0 N–H and O–H groups in total. The molecule has 90 valence electrons. The lowest BCUT2D eigenvalue weighted by atomic mass is 9.96. The van der Waals surface area contributed by atoms with Gasteiger partial charge in [-0.15, -0.1) is 11.6 Å². The number of carbonyl (C=O) groups excluding carboxylic acids is 2. The third-order valence-corrected chi connectivity index (χ3v) is 3.24. The molecule has 0 amide bonds. The van der Waals surface area contributed by atoms with Crippen LogP contribution in [0.1, 0.15) is 29.6 Å². The summed E-state index contributed by atoms with van der Waals surface area (Å²) in [5, 5.41) is -0.399. The highest BCUT2D eigenvalue weighted by atomic mass is 35.5. The van der Waals surface area contributed by atoms with Crippen molar-refractivity contribution in [3.63, 3.8) is 0 Å². The molecule has 0 aromatic heterocycles. The number of alkyl halides is 1. The molecular weight excluding hydrogens is 240 g/mol. The van der Waals surface area contributed by atoms with Crippen molar-refractivity contribution >= 4 is 23.4 Å². The Morgan fingerprint density at radius 1 is 1.29 bits per heavy atom. The smallest absolute Gasteiger partial charge is 0.338 e. The minimum atomic E-state index is -0.793. The first kappa shape index (κ1) is 12.1. The Hall–Kier alpha value is -1.35. The van der Waals surface area contributed by atoms with E-state index >= 15 is 0 Å². The molecule has 1 aromatic rings. The van der Waals surface area contributed by atoms with Crippen LogP contribution in [0.2, 0.25) is 0 Å². The van der Waals surface area contributed by atoms with Gasteiger partial charge in [0.15, 0.2) is 11.9 Å². The number of ether oxygens (including phenoxy) is 1. The molecule has 17 heavy (non-hydrogen) atoms.